The molecule has 1 heterocycles. The van der Waals surface area contributed by atoms with Crippen LogP contribution in [0.25, 0.3) is 10.9 Å². The fourth-order valence-electron chi connectivity index (χ4n) is 2.42. The molecule has 0 saturated heterocycles. The molecule has 2 aromatic rings. The summed E-state index contributed by atoms with van der Waals surface area (Å²) in [4.78, 5) is 46.1. The lowest BCUT2D eigenvalue weighted by atomic mass is 10.1. The lowest BCUT2D eigenvalue weighted by Crippen LogP contribution is -2.42. The van der Waals surface area contributed by atoms with E-state index in [9.17, 15) is 24.3 Å². The molecule has 1 aromatic carbocycles. The molecule has 0 aliphatic rings. The molecule has 0 aliphatic carbocycles. The largest absolute Gasteiger partial charge is 0.480 e. The molecule has 5 N–H and O–H groups in total. The predicted molar refractivity (Wildman–Crippen MR) is 94.8 cm³/mol. The highest BCUT2D eigenvalue weighted by molar-refractivity contribution is 5.83. The van der Waals surface area contributed by atoms with Crippen molar-refractivity contribution in [2.45, 2.75) is 31.8 Å². The molecule has 0 saturated carbocycles. The molecule has 144 valence electrons. The lowest BCUT2D eigenvalue weighted by molar-refractivity contribution is -0.142. The molecule has 0 fully saturated rings. The molecular formula is C16H20N6O5. The van der Waals surface area contributed by atoms with Crippen LogP contribution >= 0.6 is 0 Å². The number of carbonyl (C=O) groups excluding carboxylic acids is 2. The van der Waals surface area contributed by atoms with Gasteiger partial charge in [-0.05, 0) is 25.0 Å². The Kier molecular flexibility index (Phi) is 6.80. The Morgan fingerprint density at radius 3 is 2.70 bits per heavy atom. The summed E-state index contributed by atoms with van der Waals surface area (Å²) in [6.07, 6.45) is 0.323. The van der Waals surface area contributed by atoms with Crippen molar-refractivity contribution in [1.82, 2.24) is 25.6 Å². The number of aromatic nitrogens is 3. The van der Waals surface area contributed by atoms with Crippen LogP contribution in [0.5, 0.6) is 0 Å². The van der Waals surface area contributed by atoms with Gasteiger partial charge >= 0.3 is 12.0 Å². The van der Waals surface area contributed by atoms with E-state index in [-0.39, 0.29) is 31.5 Å². The van der Waals surface area contributed by atoms with Gasteiger partial charge in [0, 0.05) is 13.0 Å². The van der Waals surface area contributed by atoms with Crippen LogP contribution in [0.3, 0.4) is 0 Å². The van der Waals surface area contributed by atoms with Gasteiger partial charge in [0.1, 0.15) is 11.6 Å². The Bertz CT molecular complexity index is 896. The van der Waals surface area contributed by atoms with Crippen LogP contribution < -0.4 is 21.9 Å². The number of fused-ring (bicyclic) bond motifs is 1. The maximum absolute atomic E-state index is 12.3. The molecule has 1 unspecified atom stereocenters. The van der Waals surface area contributed by atoms with Gasteiger partial charge in [-0.1, -0.05) is 17.3 Å². The van der Waals surface area contributed by atoms with Gasteiger partial charge in [-0.15, -0.1) is 5.10 Å². The van der Waals surface area contributed by atoms with Crippen molar-refractivity contribution >= 4 is 28.8 Å². The molecule has 0 bridgehead atoms. The van der Waals surface area contributed by atoms with Crippen molar-refractivity contribution in [1.29, 1.82) is 0 Å². The number of rotatable bonds is 9. The Balaban J connectivity index is 1.90. The first-order valence-corrected chi connectivity index (χ1v) is 8.26. The van der Waals surface area contributed by atoms with E-state index in [4.69, 9.17) is 5.73 Å². The first-order valence-electron chi connectivity index (χ1n) is 8.26. The van der Waals surface area contributed by atoms with Crippen LogP contribution in [0.1, 0.15) is 19.3 Å². The van der Waals surface area contributed by atoms with E-state index >= 15 is 0 Å². The standard InChI is InChI=1S/C16H20N6O5/c17-16(27)18-8-3-6-12(15(25)26)19-13(23)7-9-22-14(24)10-4-1-2-5-11(10)20-21-22/h1-2,4-5,12H,3,6-9H2,(H,19,23)(H,25,26)(H3,17,18,27). The molecule has 1 aromatic heterocycles. The Hall–Kier alpha value is -3.50. The summed E-state index contributed by atoms with van der Waals surface area (Å²) >= 11 is 0. The smallest absolute Gasteiger partial charge is 0.326 e. The topological polar surface area (TPSA) is 169 Å². The zero-order valence-electron chi connectivity index (χ0n) is 14.4. The second-order valence-corrected chi connectivity index (χ2v) is 5.78. The fourth-order valence-corrected chi connectivity index (χ4v) is 2.42. The van der Waals surface area contributed by atoms with E-state index in [0.717, 1.165) is 4.68 Å². The van der Waals surface area contributed by atoms with Crippen LogP contribution in [-0.2, 0) is 16.1 Å². The minimum atomic E-state index is -1.19. The summed E-state index contributed by atoms with van der Waals surface area (Å²) in [7, 11) is 0. The van der Waals surface area contributed by atoms with Gasteiger partial charge in [-0.2, -0.15) is 0 Å². The van der Waals surface area contributed by atoms with Gasteiger partial charge in [-0.3, -0.25) is 9.59 Å². The average Bonchev–Trinajstić information content (AvgIpc) is 2.63. The number of aryl methyl sites for hydroxylation is 1. The van der Waals surface area contributed by atoms with E-state index in [0.29, 0.717) is 17.3 Å². The number of nitrogens with one attached hydrogen (secondary N) is 2. The second-order valence-electron chi connectivity index (χ2n) is 5.78. The Morgan fingerprint density at radius 2 is 2.00 bits per heavy atom. The zero-order chi connectivity index (χ0) is 19.8. The highest BCUT2D eigenvalue weighted by Gasteiger charge is 2.19. The Morgan fingerprint density at radius 1 is 1.26 bits per heavy atom. The predicted octanol–water partition coefficient (Wildman–Crippen LogP) is -0.800. The Labute approximate surface area is 153 Å². The summed E-state index contributed by atoms with van der Waals surface area (Å²) in [6, 6.07) is 4.90. The van der Waals surface area contributed by atoms with Crippen molar-refractivity contribution in [2.75, 3.05) is 6.54 Å². The van der Waals surface area contributed by atoms with Crippen LogP contribution in [0.4, 0.5) is 4.79 Å². The molecular weight excluding hydrogens is 356 g/mol. The molecule has 2 rings (SSSR count). The van der Waals surface area contributed by atoms with Crippen LogP contribution in [0.2, 0.25) is 0 Å². The van der Waals surface area contributed by atoms with Crippen molar-refractivity contribution in [3.05, 3.63) is 34.6 Å². The molecule has 0 aliphatic heterocycles. The third-order valence-corrected chi connectivity index (χ3v) is 3.78. The van der Waals surface area contributed by atoms with E-state index in [1.165, 1.54) is 0 Å². The summed E-state index contributed by atoms with van der Waals surface area (Å²) < 4.78 is 1.06. The number of nitrogens with zero attached hydrogens (tertiary/aromatic N) is 3. The fraction of sp³-hybridized carbons (Fsp3) is 0.375. The van der Waals surface area contributed by atoms with E-state index < -0.39 is 23.9 Å². The number of hydrogen-bond acceptors (Lipinski definition) is 6. The number of urea groups is 1. The van der Waals surface area contributed by atoms with Crippen LogP contribution in [0.15, 0.2) is 29.1 Å². The first kappa shape index (κ1) is 19.8. The van der Waals surface area contributed by atoms with Crippen molar-refractivity contribution < 1.29 is 19.5 Å². The number of benzene rings is 1. The van der Waals surface area contributed by atoms with Gasteiger partial charge in [0.25, 0.3) is 5.56 Å². The van der Waals surface area contributed by atoms with Gasteiger partial charge in [0.05, 0.1) is 11.9 Å². The van der Waals surface area contributed by atoms with Gasteiger partial charge < -0.3 is 21.5 Å². The number of primary amides is 1. The quantitative estimate of drug-likeness (QED) is 0.415. The summed E-state index contributed by atoms with van der Waals surface area (Å²) in [5.41, 5.74) is 5.00. The summed E-state index contributed by atoms with van der Waals surface area (Å²) in [5, 5.41) is 22.0. The van der Waals surface area contributed by atoms with Gasteiger partial charge in [0.2, 0.25) is 5.91 Å². The van der Waals surface area contributed by atoms with Gasteiger partial charge in [-0.25, -0.2) is 14.3 Å². The number of amides is 3. The van der Waals surface area contributed by atoms with Crippen molar-refractivity contribution in [2.24, 2.45) is 5.73 Å². The SMILES string of the molecule is NC(=O)NCCCC(NC(=O)CCn1nnc2ccccc2c1=O)C(=O)O. The van der Waals surface area contributed by atoms with Gasteiger partial charge in [0.15, 0.2) is 0 Å². The maximum atomic E-state index is 12.3. The molecule has 0 spiro atoms. The second kappa shape index (κ2) is 9.27. The first-order chi connectivity index (χ1) is 12.9. The number of carboxylic acids is 1. The number of nitrogens with two attached hydrogens (primary N) is 1. The minimum Gasteiger partial charge on any atom is -0.480 e. The normalized spacial score (nSPS) is 11.7. The average molecular weight is 376 g/mol. The van der Waals surface area contributed by atoms with Crippen molar-refractivity contribution in [3.63, 3.8) is 0 Å². The van der Waals surface area contributed by atoms with E-state index in [2.05, 4.69) is 20.9 Å². The number of aliphatic carboxylic acids is 1. The van der Waals surface area contributed by atoms with Crippen molar-refractivity contribution in [3.8, 4) is 0 Å². The van der Waals surface area contributed by atoms with Crippen LogP contribution in [-0.4, -0.2) is 50.6 Å². The third-order valence-electron chi connectivity index (χ3n) is 3.78. The monoisotopic (exact) mass is 376 g/mol. The maximum Gasteiger partial charge on any atom is 0.326 e. The molecule has 3 amide bonds. The van der Waals surface area contributed by atoms with E-state index in [1.54, 1.807) is 24.3 Å². The number of carbonyl (C=O) groups is 3. The molecule has 27 heavy (non-hydrogen) atoms. The molecule has 11 nitrogen and oxygen atoms in total. The minimum absolute atomic E-state index is 0.0297. The number of hydrogen-bond donors (Lipinski definition) is 4. The zero-order valence-corrected chi connectivity index (χ0v) is 14.4. The van der Waals surface area contributed by atoms with Crippen LogP contribution in [0, 0.1) is 0 Å². The molecule has 1 atom stereocenters. The summed E-state index contributed by atoms with van der Waals surface area (Å²) in [6.45, 7) is 0.176. The summed E-state index contributed by atoms with van der Waals surface area (Å²) in [5.74, 6) is -1.72. The highest BCUT2D eigenvalue weighted by Crippen LogP contribution is 2.04. The number of carboxylic acid groups (broad SMARTS) is 1. The third kappa shape index (κ3) is 5.76. The molecule has 11 heteroatoms. The highest BCUT2D eigenvalue weighted by atomic mass is 16.4. The van der Waals surface area contributed by atoms with E-state index in [1.807, 2.05) is 0 Å². The lowest BCUT2D eigenvalue weighted by Gasteiger charge is -2.14. The molecule has 0 radical (unpaired) electrons.